The average Bonchev–Trinajstić information content (AvgIpc) is 3.14. The topological polar surface area (TPSA) is 99.8 Å². The van der Waals surface area contributed by atoms with Crippen LogP contribution in [0.25, 0.3) is 0 Å². The minimum absolute atomic E-state index is 0.131. The summed E-state index contributed by atoms with van der Waals surface area (Å²) in [6.07, 6.45) is 6.52. The van der Waals surface area contributed by atoms with Gasteiger partial charge >= 0.3 is 0 Å². The molecule has 0 bridgehead atoms. The number of imidazole rings is 1. The largest absolute Gasteiger partial charge is 0.378 e. The predicted octanol–water partition coefficient (Wildman–Crippen LogP) is 0.143. The fourth-order valence-corrected chi connectivity index (χ4v) is 5.24. The number of nitrogens with zero attached hydrogens (tertiary/aromatic N) is 3. The van der Waals surface area contributed by atoms with E-state index in [1.807, 2.05) is 11.1 Å². The molecule has 4 heterocycles. The Balaban J connectivity index is 1.27. The third-order valence-corrected chi connectivity index (χ3v) is 6.87. The molecule has 30 heavy (non-hydrogen) atoms. The maximum Gasteiger partial charge on any atom is 0.225 e. The van der Waals surface area contributed by atoms with Crippen LogP contribution in [0.5, 0.6) is 0 Å². The monoisotopic (exact) mass is 417 g/mol. The summed E-state index contributed by atoms with van der Waals surface area (Å²) in [5, 5.41) is 3.12. The second-order valence-corrected chi connectivity index (χ2v) is 8.99. The van der Waals surface area contributed by atoms with Gasteiger partial charge in [0.1, 0.15) is 5.82 Å². The second-order valence-electron chi connectivity index (χ2n) is 8.99. The van der Waals surface area contributed by atoms with Crippen molar-refractivity contribution in [3.05, 3.63) is 18.2 Å². The molecule has 1 saturated carbocycles. The molecule has 0 spiro atoms. The lowest BCUT2D eigenvalue weighted by Crippen LogP contribution is -2.43. The Morgan fingerprint density at radius 3 is 2.80 bits per heavy atom. The van der Waals surface area contributed by atoms with Gasteiger partial charge in [0.25, 0.3) is 0 Å². The summed E-state index contributed by atoms with van der Waals surface area (Å²) >= 11 is 0. The highest BCUT2D eigenvalue weighted by Crippen LogP contribution is 2.42. The molecule has 1 aliphatic carbocycles. The third kappa shape index (κ3) is 4.38. The molecule has 2 amide bonds. The first-order valence-corrected chi connectivity index (χ1v) is 11.2. The van der Waals surface area contributed by atoms with E-state index >= 15 is 0 Å². The average molecular weight is 418 g/mol. The third-order valence-electron chi connectivity index (χ3n) is 6.87. The van der Waals surface area contributed by atoms with Crippen LogP contribution in [0.1, 0.15) is 31.5 Å². The van der Waals surface area contributed by atoms with Crippen LogP contribution in [0.2, 0.25) is 0 Å². The summed E-state index contributed by atoms with van der Waals surface area (Å²) < 4.78 is 11.5. The van der Waals surface area contributed by atoms with Crippen LogP contribution in [-0.4, -0.2) is 89.2 Å². The Morgan fingerprint density at radius 1 is 1.23 bits per heavy atom. The van der Waals surface area contributed by atoms with Crippen molar-refractivity contribution < 1.29 is 19.1 Å². The highest BCUT2D eigenvalue weighted by atomic mass is 16.5. The Morgan fingerprint density at radius 2 is 2.07 bits per heavy atom. The van der Waals surface area contributed by atoms with Gasteiger partial charge in [-0.15, -0.1) is 0 Å². The number of likely N-dealkylation sites (tertiary alicyclic amines) is 1. The highest BCUT2D eigenvalue weighted by Gasteiger charge is 2.51. The van der Waals surface area contributed by atoms with Crippen molar-refractivity contribution in [3.63, 3.8) is 0 Å². The van der Waals surface area contributed by atoms with Gasteiger partial charge in [-0.1, -0.05) is 0 Å². The van der Waals surface area contributed by atoms with Crippen LogP contribution < -0.4 is 5.32 Å². The first-order chi connectivity index (χ1) is 14.7. The van der Waals surface area contributed by atoms with Gasteiger partial charge in [-0.3, -0.25) is 14.5 Å². The van der Waals surface area contributed by atoms with Crippen molar-refractivity contribution in [1.29, 1.82) is 0 Å². The molecule has 1 aromatic rings. The number of carbonyl (C=O) groups is 2. The van der Waals surface area contributed by atoms with Gasteiger partial charge < -0.3 is 24.7 Å². The second kappa shape index (κ2) is 8.64. The van der Waals surface area contributed by atoms with Crippen molar-refractivity contribution in [2.24, 2.45) is 11.8 Å². The molecule has 3 saturated heterocycles. The summed E-state index contributed by atoms with van der Waals surface area (Å²) in [4.78, 5) is 37.2. The standard InChI is InChI=1S/C21H31N5O4/c27-19(24-15-1-2-15)9-14-11-26(12-18-22-3-4-23-18)16-13-30-17(21(14)16)10-20(28)25-5-7-29-8-6-25/h3-4,14-17,21H,1-2,5-13H2,(H,22,23)(H,24,27)/t14-,16-,17+,21-/m1/s1. The zero-order chi connectivity index (χ0) is 20.5. The van der Waals surface area contributed by atoms with Crippen molar-refractivity contribution in [3.8, 4) is 0 Å². The number of aromatic nitrogens is 2. The van der Waals surface area contributed by atoms with Gasteiger partial charge in [0.2, 0.25) is 11.8 Å². The van der Waals surface area contributed by atoms with Gasteiger partial charge in [0.15, 0.2) is 0 Å². The van der Waals surface area contributed by atoms with Crippen molar-refractivity contribution in [2.75, 3.05) is 39.5 Å². The van der Waals surface area contributed by atoms with E-state index in [1.165, 1.54) is 0 Å². The Hall–Kier alpha value is -1.97. The van der Waals surface area contributed by atoms with E-state index in [4.69, 9.17) is 9.47 Å². The predicted molar refractivity (Wildman–Crippen MR) is 107 cm³/mol. The van der Waals surface area contributed by atoms with E-state index in [-0.39, 0.29) is 35.8 Å². The molecule has 4 atom stereocenters. The summed E-state index contributed by atoms with van der Waals surface area (Å²) in [6.45, 7) is 4.65. The van der Waals surface area contributed by atoms with E-state index in [0.717, 1.165) is 25.2 Å². The molecule has 164 valence electrons. The van der Waals surface area contributed by atoms with Crippen LogP contribution in [0.15, 0.2) is 12.4 Å². The van der Waals surface area contributed by atoms with Crippen molar-refractivity contribution >= 4 is 11.8 Å². The van der Waals surface area contributed by atoms with Crippen molar-refractivity contribution in [2.45, 2.75) is 50.4 Å². The van der Waals surface area contributed by atoms with E-state index in [9.17, 15) is 9.59 Å². The van der Waals surface area contributed by atoms with Crippen LogP contribution in [0, 0.1) is 11.8 Å². The number of amides is 2. The van der Waals surface area contributed by atoms with Gasteiger partial charge in [0.05, 0.1) is 38.9 Å². The van der Waals surface area contributed by atoms with Crippen molar-refractivity contribution in [1.82, 2.24) is 25.1 Å². The first-order valence-electron chi connectivity index (χ1n) is 11.2. The molecule has 1 aromatic heterocycles. The number of nitrogens with one attached hydrogen (secondary N) is 2. The lowest BCUT2D eigenvalue weighted by molar-refractivity contribution is -0.138. The molecular weight excluding hydrogens is 386 g/mol. The molecule has 0 unspecified atom stereocenters. The Kier molecular flexibility index (Phi) is 5.75. The normalized spacial score (nSPS) is 31.7. The molecule has 4 aliphatic rings. The van der Waals surface area contributed by atoms with Gasteiger partial charge in [-0.25, -0.2) is 4.98 Å². The zero-order valence-corrected chi connectivity index (χ0v) is 17.3. The molecule has 3 aliphatic heterocycles. The van der Waals surface area contributed by atoms with E-state index in [0.29, 0.717) is 58.3 Å². The molecule has 4 fully saturated rings. The quantitative estimate of drug-likeness (QED) is 0.655. The number of ether oxygens (including phenoxy) is 2. The molecule has 0 radical (unpaired) electrons. The number of hydrogen-bond acceptors (Lipinski definition) is 6. The number of H-pyrrole nitrogens is 1. The molecule has 0 aromatic carbocycles. The lowest BCUT2D eigenvalue weighted by atomic mass is 9.84. The molecule has 9 nitrogen and oxygen atoms in total. The first kappa shape index (κ1) is 20.0. The number of morpholine rings is 1. The minimum atomic E-state index is -0.134. The van der Waals surface area contributed by atoms with Gasteiger partial charge in [0, 0.05) is 56.5 Å². The number of rotatable bonds is 7. The Bertz CT molecular complexity index is 747. The summed E-state index contributed by atoms with van der Waals surface area (Å²) in [5.74, 6) is 1.56. The van der Waals surface area contributed by atoms with Crippen LogP contribution in [-0.2, 0) is 25.6 Å². The van der Waals surface area contributed by atoms with E-state index < -0.39 is 0 Å². The SMILES string of the molecule is O=C(C[C@@H]1CN(Cc2ncc[nH]2)[C@@H]2CO[C@@H](CC(=O)N3CCOCC3)[C@H]12)NC1CC1. The zero-order valence-electron chi connectivity index (χ0n) is 17.3. The smallest absolute Gasteiger partial charge is 0.225 e. The number of fused-ring (bicyclic) bond motifs is 1. The highest BCUT2D eigenvalue weighted by molar-refractivity contribution is 5.78. The lowest BCUT2D eigenvalue weighted by Gasteiger charge is -2.29. The fraction of sp³-hybridized carbons (Fsp3) is 0.762. The number of carbonyl (C=O) groups excluding carboxylic acids is 2. The molecular formula is C21H31N5O4. The molecule has 2 N–H and O–H groups in total. The van der Waals surface area contributed by atoms with Gasteiger partial charge in [-0.05, 0) is 18.8 Å². The van der Waals surface area contributed by atoms with E-state index in [1.54, 1.807) is 6.20 Å². The molecule has 5 rings (SSSR count). The van der Waals surface area contributed by atoms with Crippen LogP contribution >= 0.6 is 0 Å². The Labute approximate surface area is 176 Å². The minimum Gasteiger partial charge on any atom is -0.378 e. The maximum atomic E-state index is 12.8. The fourth-order valence-electron chi connectivity index (χ4n) is 5.24. The maximum absolute atomic E-state index is 12.8. The van der Waals surface area contributed by atoms with E-state index in [2.05, 4.69) is 20.2 Å². The van der Waals surface area contributed by atoms with Crippen LogP contribution in [0.4, 0.5) is 0 Å². The van der Waals surface area contributed by atoms with Gasteiger partial charge in [-0.2, -0.15) is 0 Å². The summed E-state index contributed by atoms with van der Waals surface area (Å²) in [5.41, 5.74) is 0. The summed E-state index contributed by atoms with van der Waals surface area (Å²) in [6, 6.07) is 0.587. The summed E-state index contributed by atoms with van der Waals surface area (Å²) in [7, 11) is 0. The number of aromatic amines is 1. The number of hydrogen-bond donors (Lipinski definition) is 2. The molecule has 9 heteroatoms. The van der Waals surface area contributed by atoms with Crippen LogP contribution in [0.3, 0.4) is 0 Å².